The number of rotatable bonds is 8. The van der Waals surface area contributed by atoms with Crippen LogP contribution < -0.4 is 0 Å². The van der Waals surface area contributed by atoms with Crippen molar-refractivity contribution >= 4 is 40.6 Å². The van der Waals surface area contributed by atoms with Crippen LogP contribution in [0.1, 0.15) is 36.5 Å². The van der Waals surface area contributed by atoms with Gasteiger partial charge in [-0.15, -0.1) is 0 Å². The molecule has 1 N–H and O–H groups in total. The van der Waals surface area contributed by atoms with Gasteiger partial charge in [-0.05, 0) is 37.4 Å². The second-order valence-electron chi connectivity index (χ2n) is 8.30. The van der Waals surface area contributed by atoms with Crippen molar-refractivity contribution in [3.63, 3.8) is 0 Å². The predicted octanol–water partition coefficient (Wildman–Crippen LogP) is 4.46. The lowest BCUT2D eigenvalue weighted by molar-refractivity contribution is -0.384. The molecule has 1 heterocycles. The molecule has 9 nitrogen and oxygen atoms in total. The molecule has 1 aliphatic heterocycles. The summed E-state index contributed by atoms with van der Waals surface area (Å²) in [5, 5.41) is 22.6. The van der Waals surface area contributed by atoms with Gasteiger partial charge in [0.1, 0.15) is 6.61 Å². The summed E-state index contributed by atoms with van der Waals surface area (Å²) in [5.41, 5.74) is 2.89. The van der Waals surface area contributed by atoms with Crippen molar-refractivity contribution in [1.29, 1.82) is 0 Å². The first-order chi connectivity index (χ1) is 17.1. The van der Waals surface area contributed by atoms with Crippen LogP contribution in [0.3, 0.4) is 0 Å². The molecule has 2 aromatic rings. The Morgan fingerprint density at radius 3 is 2.19 bits per heavy atom. The first-order valence-electron chi connectivity index (χ1n) is 11.1. The summed E-state index contributed by atoms with van der Waals surface area (Å²) >= 11 is 3.39. The van der Waals surface area contributed by atoms with E-state index in [1.807, 2.05) is 24.3 Å². The van der Waals surface area contributed by atoms with E-state index in [0.717, 1.165) is 11.1 Å². The molecule has 0 radical (unpaired) electrons. The van der Waals surface area contributed by atoms with Crippen LogP contribution >= 0.6 is 15.9 Å². The van der Waals surface area contributed by atoms with E-state index in [1.165, 1.54) is 36.9 Å². The fraction of sp³-hybridized carbons (Fsp3) is 0.280. The van der Waals surface area contributed by atoms with Gasteiger partial charge in [0.15, 0.2) is 0 Å². The van der Waals surface area contributed by atoms with Gasteiger partial charge in [0.25, 0.3) is 5.69 Å². The lowest BCUT2D eigenvalue weighted by atomic mass is 9.74. The molecule has 3 rings (SSSR count). The van der Waals surface area contributed by atoms with Crippen LogP contribution in [0.15, 0.2) is 71.1 Å². The number of carbonyl (C=O) groups is 2. The average molecular weight is 557 g/mol. The van der Waals surface area contributed by atoms with E-state index in [-0.39, 0.29) is 23.4 Å². The zero-order chi connectivity index (χ0) is 26.6. The summed E-state index contributed by atoms with van der Waals surface area (Å²) in [4.78, 5) is 38.8. The number of nitro benzene ring substituents is 1. The number of nitrogens with zero attached hydrogens (tertiary/aromatic N) is 2. The third-order valence-electron chi connectivity index (χ3n) is 6.04. The van der Waals surface area contributed by atoms with Crippen LogP contribution in [0.5, 0.6) is 0 Å². The van der Waals surface area contributed by atoms with Crippen LogP contribution in [0.2, 0.25) is 6.82 Å². The predicted molar refractivity (Wildman–Crippen MR) is 138 cm³/mol. The molecule has 0 amide bonds. The minimum Gasteiger partial charge on any atom is -0.466 e. The third kappa shape index (κ3) is 5.52. The van der Waals surface area contributed by atoms with Gasteiger partial charge in [-0.3, -0.25) is 10.1 Å². The van der Waals surface area contributed by atoms with E-state index in [1.54, 1.807) is 19.9 Å². The molecule has 0 aliphatic carbocycles. The number of allylic oxidation sites excluding steroid dienone is 2. The Labute approximate surface area is 217 Å². The molecule has 2 aromatic carbocycles. The van der Waals surface area contributed by atoms with Crippen LogP contribution in [0.25, 0.3) is 0 Å². The van der Waals surface area contributed by atoms with Crippen LogP contribution in [-0.2, 0) is 31.0 Å². The number of hydrogen-bond acceptors (Lipinski definition) is 8. The standard InChI is InChI=1S/C25H26BBrN2O7/c1-15-21(24(30)35-4)23(19-6-5-7-20(12-19)29(33)34)22(16(2)28(15)26(3)32)25(31)36-14-18-10-8-17(13-27)9-11-18/h5-12,23,32H,13-14H2,1-4H3. The number of methoxy groups -OCH3 is 1. The second-order valence-corrected chi connectivity index (χ2v) is 8.86. The minimum absolute atomic E-state index is 0.0230. The number of ether oxygens (including phenoxy) is 2. The molecular weight excluding hydrogens is 531 g/mol. The fourth-order valence-corrected chi connectivity index (χ4v) is 4.75. The minimum atomic E-state index is -1.07. The van der Waals surface area contributed by atoms with Crippen molar-refractivity contribution in [1.82, 2.24) is 4.81 Å². The Bertz CT molecular complexity index is 1240. The van der Waals surface area contributed by atoms with Gasteiger partial charge in [0.2, 0.25) is 0 Å². The lowest BCUT2D eigenvalue weighted by Crippen LogP contribution is -2.41. The van der Waals surface area contributed by atoms with Gasteiger partial charge in [0, 0.05) is 28.9 Å². The van der Waals surface area contributed by atoms with Crippen molar-refractivity contribution in [2.24, 2.45) is 0 Å². The molecular formula is C25H26BBrN2O7. The number of benzene rings is 2. The monoisotopic (exact) mass is 556 g/mol. The molecule has 11 heteroatoms. The highest BCUT2D eigenvalue weighted by Gasteiger charge is 2.42. The van der Waals surface area contributed by atoms with Crippen molar-refractivity contribution in [2.75, 3.05) is 7.11 Å². The largest absolute Gasteiger partial charge is 0.466 e. The average Bonchev–Trinajstić information content (AvgIpc) is 2.86. The number of halogens is 1. The Kier molecular flexibility index (Phi) is 8.70. The summed E-state index contributed by atoms with van der Waals surface area (Å²) in [5.74, 6) is -2.44. The Morgan fingerprint density at radius 1 is 1.08 bits per heavy atom. The zero-order valence-electron chi connectivity index (χ0n) is 20.4. The highest BCUT2D eigenvalue weighted by molar-refractivity contribution is 9.08. The van der Waals surface area contributed by atoms with Gasteiger partial charge < -0.3 is 19.3 Å². The smallest absolute Gasteiger partial charge is 0.413 e. The maximum Gasteiger partial charge on any atom is 0.413 e. The van der Waals surface area contributed by atoms with Crippen molar-refractivity contribution < 1.29 is 29.0 Å². The summed E-state index contributed by atoms with van der Waals surface area (Å²) in [6, 6.07) is 13.2. The maximum absolute atomic E-state index is 13.5. The highest BCUT2D eigenvalue weighted by atomic mass is 79.9. The van der Waals surface area contributed by atoms with E-state index in [2.05, 4.69) is 15.9 Å². The van der Waals surface area contributed by atoms with Gasteiger partial charge >= 0.3 is 19.0 Å². The van der Waals surface area contributed by atoms with E-state index in [0.29, 0.717) is 22.3 Å². The molecule has 0 saturated carbocycles. The second kappa shape index (κ2) is 11.5. The lowest BCUT2D eigenvalue weighted by Gasteiger charge is -2.38. The number of alkyl halides is 1. The topological polar surface area (TPSA) is 119 Å². The molecule has 1 atom stereocenters. The summed E-state index contributed by atoms with van der Waals surface area (Å²) in [6.45, 7) is 4.74. The highest BCUT2D eigenvalue weighted by Crippen LogP contribution is 2.43. The van der Waals surface area contributed by atoms with E-state index in [9.17, 15) is 24.7 Å². The first-order valence-corrected chi connectivity index (χ1v) is 12.2. The van der Waals surface area contributed by atoms with Gasteiger partial charge in [0.05, 0.1) is 29.1 Å². The molecule has 1 unspecified atom stereocenters. The first kappa shape index (κ1) is 27.2. The zero-order valence-corrected chi connectivity index (χ0v) is 21.9. The quantitative estimate of drug-likeness (QED) is 0.166. The number of nitro groups is 1. The normalized spacial score (nSPS) is 15.6. The summed E-state index contributed by atoms with van der Waals surface area (Å²) in [7, 11) is 0.134. The molecule has 0 saturated heterocycles. The van der Waals surface area contributed by atoms with Crippen molar-refractivity contribution in [3.05, 3.63) is 97.9 Å². The molecule has 1 aliphatic rings. The molecule has 0 fully saturated rings. The molecule has 188 valence electrons. The van der Waals surface area contributed by atoms with Crippen molar-refractivity contribution in [2.45, 2.75) is 38.5 Å². The van der Waals surface area contributed by atoms with Crippen LogP contribution in [0.4, 0.5) is 5.69 Å². The number of hydrogen-bond donors (Lipinski definition) is 1. The van der Waals surface area contributed by atoms with Gasteiger partial charge in [-0.2, -0.15) is 0 Å². The molecule has 0 bridgehead atoms. The van der Waals surface area contributed by atoms with Gasteiger partial charge in [-0.25, -0.2) is 9.59 Å². The van der Waals surface area contributed by atoms with E-state index in [4.69, 9.17) is 9.47 Å². The number of carbonyl (C=O) groups excluding carboxylic acids is 2. The SMILES string of the molecule is COC(=O)C1=C(C)N(B(C)O)C(C)=C(C(=O)OCc2ccc(CBr)cc2)C1c1cccc([N+](=O)[O-])c1. The molecule has 0 aromatic heterocycles. The van der Waals surface area contributed by atoms with E-state index >= 15 is 0 Å². The van der Waals surface area contributed by atoms with Crippen molar-refractivity contribution in [3.8, 4) is 0 Å². The Balaban J connectivity index is 2.12. The number of non-ortho nitro benzene ring substituents is 1. The Hall–Kier alpha value is -3.44. The number of esters is 2. The summed E-state index contributed by atoms with van der Waals surface area (Å²) < 4.78 is 10.7. The van der Waals surface area contributed by atoms with Crippen LogP contribution in [-0.4, -0.2) is 40.9 Å². The van der Waals surface area contributed by atoms with E-state index < -0.39 is 29.8 Å². The van der Waals surface area contributed by atoms with Crippen LogP contribution in [0, 0.1) is 10.1 Å². The maximum atomic E-state index is 13.5. The Morgan fingerprint density at radius 2 is 1.67 bits per heavy atom. The molecule has 36 heavy (non-hydrogen) atoms. The summed E-state index contributed by atoms with van der Waals surface area (Å²) in [6.07, 6.45) is 0. The van der Waals surface area contributed by atoms with Gasteiger partial charge in [-0.1, -0.05) is 52.3 Å². The molecule has 0 spiro atoms. The third-order valence-corrected chi connectivity index (χ3v) is 6.69. The fourth-order valence-electron chi connectivity index (χ4n) is 4.38.